The van der Waals surface area contributed by atoms with Gasteiger partial charge in [-0.25, -0.2) is 0 Å². The van der Waals surface area contributed by atoms with Crippen LogP contribution < -0.4 is 10.2 Å². The summed E-state index contributed by atoms with van der Waals surface area (Å²) in [6.07, 6.45) is 63.9. The zero-order chi connectivity index (χ0) is 53.6. The molecule has 0 fully saturated rings. The average Bonchev–Trinajstić information content (AvgIpc) is 3.35. The molecule has 3 unspecified atom stereocenters. The molecule has 0 aromatic carbocycles. The third-order valence-corrected chi connectivity index (χ3v) is 15.0. The number of ether oxygens (including phenoxy) is 1. The topological polar surface area (TPSA) is 114 Å². The molecule has 0 aliphatic carbocycles. The third kappa shape index (κ3) is 54.8. The Hall–Kier alpha value is -1.77. The van der Waals surface area contributed by atoms with Gasteiger partial charge in [0.05, 0.1) is 33.8 Å². The van der Waals surface area contributed by atoms with Crippen molar-refractivity contribution >= 4 is 19.7 Å². The Bertz CT molecular complexity index is 1350. The number of amides is 1. The third-order valence-electron chi connectivity index (χ3n) is 14.1. The summed E-state index contributed by atoms with van der Waals surface area (Å²) in [4.78, 5) is 39.9. The van der Waals surface area contributed by atoms with Gasteiger partial charge >= 0.3 is 5.97 Å². The molecule has 0 saturated heterocycles. The minimum atomic E-state index is -4.69. The number of likely N-dealkylation sites (N-methyl/N-ethyl adjacent to an activating group) is 1. The number of carbonyl (C=O) groups is 2. The molecule has 430 valence electrons. The molecule has 73 heavy (non-hydrogen) atoms. The molecule has 3 atom stereocenters. The number of rotatable bonds is 57. The van der Waals surface area contributed by atoms with Gasteiger partial charge < -0.3 is 28.5 Å². The van der Waals surface area contributed by atoms with Gasteiger partial charge in [-0.1, -0.05) is 263 Å². The predicted octanol–water partition coefficient (Wildman–Crippen LogP) is 18.5. The van der Waals surface area contributed by atoms with Gasteiger partial charge in [-0.3, -0.25) is 14.2 Å². The number of quaternary nitrogens is 1. The number of hydrogen-bond acceptors (Lipinski definition) is 7. The van der Waals surface area contributed by atoms with Crippen LogP contribution >= 0.6 is 7.82 Å². The first-order valence-electron chi connectivity index (χ1n) is 31.3. The van der Waals surface area contributed by atoms with Gasteiger partial charge in [0.15, 0.2) is 0 Å². The first-order valence-corrected chi connectivity index (χ1v) is 32.8. The Morgan fingerprint density at radius 2 is 0.836 bits per heavy atom. The molecule has 9 nitrogen and oxygen atoms in total. The van der Waals surface area contributed by atoms with E-state index >= 15 is 0 Å². The molecule has 10 heteroatoms. The summed E-state index contributed by atoms with van der Waals surface area (Å²) in [5.41, 5.74) is 0. The highest BCUT2D eigenvalue weighted by Gasteiger charge is 2.27. The Morgan fingerprint density at radius 1 is 0.479 bits per heavy atom. The van der Waals surface area contributed by atoms with Crippen LogP contribution in [0.2, 0.25) is 0 Å². The minimum Gasteiger partial charge on any atom is -0.756 e. The summed E-state index contributed by atoms with van der Waals surface area (Å²) in [6, 6.07) is -0.884. The summed E-state index contributed by atoms with van der Waals surface area (Å²) < 4.78 is 30.3. The zero-order valence-corrected chi connectivity index (χ0v) is 50.0. The highest BCUT2D eigenvalue weighted by Crippen LogP contribution is 2.38. The van der Waals surface area contributed by atoms with Crippen molar-refractivity contribution < 1.29 is 37.3 Å². The van der Waals surface area contributed by atoms with Crippen LogP contribution in [0.15, 0.2) is 36.5 Å². The van der Waals surface area contributed by atoms with Crippen LogP contribution in [0.4, 0.5) is 0 Å². The summed E-state index contributed by atoms with van der Waals surface area (Å²) in [5, 5.41) is 3.03. The number of allylic oxidation sites excluding steroid dienone is 5. The summed E-state index contributed by atoms with van der Waals surface area (Å²) in [7, 11) is 1.20. The van der Waals surface area contributed by atoms with E-state index in [0.29, 0.717) is 17.4 Å². The highest BCUT2D eigenvalue weighted by atomic mass is 31.2. The number of phosphoric ester groups is 1. The molecule has 0 rings (SSSR count). The molecule has 0 saturated carbocycles. The second-order valence-corrected chi connectivity index (χ2v) is 24.0. The number of esters is 1. The quantitative estimate of drug-likeness (QED) is 0.0212. The number of unbranched alkanes of at least 4 members (excludes halogenated alkanes) is 37. The first-order chi connectivity index (χ1) is 35.4. The first kappa shape index (κ1) is 71.2. The van der Waals surface area contributed by atoms with Crippen molar-refractivity contribution in [2.24, 2.45) is 0 Å². The molecule has 1 amide bonds. The number of carbonyl (C=O) groups excluding carboxylic acids is 2. The Kier molecular flexibility index (Phi) is 52.3. The lowest BCUT2D eigenvalue weighted by Crippen LogP contribution is -2.47. The Morgan fingerprint density at radius 3 is 1.26 bits per heavy atom. The Balaban J connectivity index is 5.19. The number of phosphoric acid groups is 1. The van der Waals surface area contributed by atoms with E-state index in [1.165, 1.54) is 205 Å². The summed E-state index contributed by atoms with van der Waals surface area (Å²) in [6.45, 7) is 6.85. The van der Waals surface area contributed by atoms with E-state index in [9.17, 15) is 19.0 Å². The lowest BCUT2D eigenvalue weighted by Gasteiger charge is -2.30. The lowest BCUT2D eigenvalue weighted by molar-refractivity contribution is -0.870. The fraction of sp³-hybridized carbons (Fsp3) is 0.873. The van der Waals surface area contributed by atoms with E-state index in [0.717, 1.165) is 64.2 Å². The number of hydrogen-bond donors (Lipinski definition) is 1. The van der Waals surface area contributed by atoms with Crippen molar-refractivity contribution in [3.63, 3.8) is 0 Å². The second-order valence-electron chi connectivity index (χ2n) is 22.6. The minimum absolute atomic E-state index is 0.0200. The van der Waals surface area contributed by atoms with E-state index in [1.54, 1.807) is 0 Å². The smallest absolute Gasteiger partial charge is 0.306 e. The summed E-state index contributed by atoms with van der Waals surface area (Å²) >= 11 is 0. The molecule has 0 aromatic rings. The van der Waals surface area contributed by atoms with E-state index in [4.69, 9.17) is 13.8 Å². The van der Waals surface area contributed by atoms with Crippen LogP contribution in [-0.4, -0.2) is 69.4 Å². The molecule has 0 aromatic heterocycles. The van der Waals surface area contributed by atoms with Crippen LogP contribution in [0.5, 0.6) is 0 Å². The average molecular weight is 1050 g/mol. The summed E-state index contributed by atoms with van der Waals surface area (Å²) in [5.74, 6) is -0.530. The SMILES string of the molecule is CCCCC/C=C\C/C=C\CCCCCCCCCCCCCC(=O)OC(/C=C/CCCCCCCCCCCC)C(COP(=O)([O-])OCC[N+](C)(C)C)NC(=O)CCCCCCCCCCCCCCCC. The van der Waals surface area contributed by atoms with Crippen molar-refractivity contribution in [1.29, 1.82) is 0 Å². The van der Waals surface area contributed by atoms with Crippen molar-refractivity contribution in [2.45, 2.75) is 315 Å². The largest absolute Gasteiger partial charge is 0.756 e. The van der Waals surface area contributed by atoms with Crippen LogP contribution in [0.3, 0.4) is 0 Å². The molecule has 0 aliphatic heterocycles. The zero-order valence-electron chi connectivity index (χ0n) is 49.1. The van der Waals surface area contributed by atoms with Crippen LogP contribution in [-0.2, 0) is 27.9 Å². The molecule has 0 spiro atoms. The van der Waals surface area contributed by atoms with Gasteiger partial charge in [0, 0.05) is 12.8 Å². The predicted molar refractivity (Wildman–Crippen MR) is 312 cm³/mol. The second kappa shape index (κ2) is 53.6. The monoisotopic (exact) mass is 1050 g/mol. The molecule has 0 heterocycles. The molecule has 0 bridgehead atoms. The molecule has 0 radical (unpaired) electrons. The fourth-order valence-corrected chi connectivity index (χ4v) is 9.92. The van der Waals surface area contributed by atoms with Gasteiger partial charge in [-0.15, -0.1) is 0 Å². The van der Waals surface area contributed by atoms with E-state index in [1.807, 2.05) is 33.3 Å². The maximum atomic E-state index is 13.5. The lowest BCUT2D eigenvalue weighted by atomic mass is 10.0. The van der Waals surface area contributed by atoms with Gasteiger partial charge in [-0.05, 0) is 63.9 Å². The van der Waals surface area contributed by atoms with Crippen LogP contribution in [0.1, 0.15) is 303 Å². The number of nitrogens with zero attached hydrogens (tertiary/aromatic N) is 1. The highest BCUT2D eigenvalue weighted by molar-refractivity contribution is 7.45. The van der Waals surface area contributed by atoms with E-state index in [-0.39, 0.29) is 31.5 Å². The Labute approximate surface area is 453 Å². The molecule has 0 aliphatic rings. The van der Waals surface area contributed by atoms with Gasteiger partial charge in [0.2, 0.25) is 5.91 Å². The van der Waals surface area contributed by atoms with Gasteiger partial charge in [0.25, 0.3) is 7.82 Å². The normalized spacial score (nSPS) is 13.9. The van der Waals surface area contributed by atoms with E-state index in [2.05, 4.69) is 50.4 Å². The van der Waals surface area contributed by atoms with Crippen molar-refractivity contribution in [3.8, 4) is 0 Å². The standard InChI is InChI=1S/C63H121N2O7P/c1-7-10-13-16-19-22-25-28-30-31-32-33-34-35-36-38-41-44-47-50-53-56-63(67)72-61(54-51-48-45-42-39-27-24-21-18-15-12-9-3)60(59-71-73(68,69)70-58-57-65(4,5)6)64-62(66)55-52-49-46-43-40-37-29-26-23-20-17-14-11-8-2/h19,22,28,30,51,54,60-61H,7-18,20-21,23-27,29,31-50,52-53,55-59H2,1-6H3,(H-,64,66,68,69)/b22-19-,30-28-,54-51+. The molecular weight excluding hydrogens is 928 g/mol. The molecule has 1 N–H and O–H groups in total. The van der Waals surface area contributed by atoms with Gasteiger partial charge in [0.1, 0.15) is 19.3 Å². The van der Waals surface area contributed by atoms with Crippen LogP contribution in [0, 0.1) is 0 Å². The van der Waals surface area contributed by atoms with Crippen molar-refractivity contribution in [1.82, 2.24) is 5.32 Å². The fourth-order valence-electron chi connectivity index (χ4n) is 9.20. The van der Waals surface area contributed by atoms with Gasteiger partial charge in [-0.2, -0.15) is 0 Å². The van der Waals surface area contributed by atoms with Crippen molar-refractivity contribution in [2.75, 3.05) is 40.9 Å². The van der Waals surface area contributed by atoms with Crippen molar-refractivity contribution in [3.05, 3.63) is 36.5 Å². The maximum Gasteiger partial charge on any atom is 0.306 e. The molecular formula is C63H121N2O7P. The van der Waals surface area contributed by atoms with E-state index < -0.39 is 20.0 Å². The number of nitrogens with one attached hydrogen (secondary N) is 1. The maximum absolute atomic E-state index is 13.5. The van der Waals surface area contributed by atoms with Crippen LogP contribution in [0.25, 0.3) is 0 Å².